The third-order valence-corrected chi connectivity index (χ3v) is 7.98. The Hall–Kier alpha value is -2.43. The second kappa shape index (κ2) is 6.28. The molecule has 1 aliphatic heterocycles. The fourth-order valence-corrected chi connectivity index (χ4v) is 6.33. The first-order valence-electron chi connectivity index (χ1n) is 11.1. The minimum atomic E-state index is -0.153. The van der Waals surface area contributed by atoms with Gasteiger partial charge in [0.25, 0.3) is 0 Å². The minimum absolute atomic E-state index is 0.147. The van der Waals surface area contributed by atoms with Gasteiger partial charge in [-0.2, -0.15) is 0 Å². The Morgan fingerprint density at radius 3 is 2.93 bits per heavy atom. The monoisotopic (exact) mass is 388 g/mol. The Morgan fingerprint density at radius 1 is 1.24 bits per heavy atom. The Morgan fingerprint density at radius 2 is 2.10 bits per heavy atom. The summed E-state index contributed by atoms with van der Waals surface area (Å²) in [6.45, 7) is 3.68. The molecule has 6 rings (SSSR count). The number of fused-ring (bicyclic) bond motifs is 1. The van der Waals surface area contributed by atoms with E-state index in [-0.39, 0.29) is 11.9 Å². The predicted molar refractivity (Wildman–Crippen MR) is 114 cm³/mol. The van der Waals surface area contributed by atoms with Crippen molar-refractivity contribution < 1.29 is 4.79 Å². The van der Waals surface area contributed by atoms with Crippen molar-refractivity contribution >= 4 is 22.8 Å². The Kier molecular flexibility index (Phi) is 3.78. The van der Waals surface area contributed by atoms with E-state index in [9.17, 15) is 4.79 Å². The van der Waals surface area contributed by atoms with E-state index in [4.69, 9.17) is 9.97 Å². The summed E-state index contributed by atoms with van der Waals surface area (Å²) >= 11 is 0. The third-order valence-electron chi connectivity index (χ3n) is 7.98. The zero-order chi connectivity index (χ0) is 19.6. The highest BCUT2D eigenvalue weighted by atomic mass is 16.2. The Balaban J connectivity index is 1.17. The van der Waals surface area contributed by atoms with Crippen LogP contribution >= 0.6 is 0 Å². The summed E-state index contributed by atoms with van der Waals surface area (Å²) in [5, 5.41) is 4.38. The first kappa shape index (κ1) is 17.4. The van der Waals surface area contributed by atoms with Gasteiger partial charge in [-0.05, 0) is 68.3 Å². The van der Waals surface area contributed by atoms with E-state index < -0.39 is 0 Å². The lowest BCUT2D eigenvalue weighted by Crippen LogP contribution is -2.45. The summed E-state index contributed by atoms with van der Waals surface area (Å²) in [4.78, 5) is 24.7. The van der Waals surface area contributed by atoms with Crippen LogP contribution in [0.5, 0.6) is 0 Å². The van der Waals surface area contributed by atoms with Crippen LogP contribution in [-0.4, -0.2) is 35.0 Å². The molecule has 1 saturated heterocycles. The summed E-state index contributed by atoms with van der Waals surface area (Å²) in [5.41, 5.74) is 2.51. The van der Waals surface area contributed by atoms with E-state index in [1.165, 1.54) is 19.3 Å². The number of benzene rings is 1. The molecule has 1 N–H and O–H groups in total. The minimum Gasteiger partial charge on any atom is -0.354 e. The molecule has 3 aliphatic carbocycles. The number of aryl methyl sites for hydroxylation is 1. The van der Waals surface area contributed by atoms with Crippen LogP contribution in [0.25, 0.3) is 10.9 Å². The number of hydrogen-bond acceptors (Lipinski definition) is 4. The highest BCUT2D eigenvalue weighted by Crippen LogP contribution is 2.69. The number of aromatic nitrogens is 2. The van der Waals surface area contributed by atoms with Crippen LogP contribution in [-0.2, 0) is 4.79 Å². The second-order valence-corrected chi connectivity index (χ2v) is 9.47. The Labute approximate surface area is 171 Å². The summed E-state index contributed by atoms with van der Waals surface area (Å²) in [6, 6.07) is 7.94. The van der Waals surface area contributed by atoms with E-state index in [0.717, 1.165) is 48.4 Å². The summed E-state index contributed by atoms with van der Waals surface area (Å²) in [5.74, 6) is 2.92. The molecule has 5 nitrogen and oxygen atoms in total. The molecule has 2 aromatic rings. The molecule has 2 heterocycles. The molecule has 1 spiro atoms. The zero-order valence-electron chi connectivity index (χ0n) is 17.0. The third kappa shape index (κ3) is 2.62. The molecular weight excluding hydrogens is 360 g/mol. The lowest BCUT2D eigenvalue weighted by molar-refractivity contribution is -0.122. The average molecular weight is 389 g/mol. The average Bonchev–Trinajstić information content (AvgIpc) is 3.13. The van der Waals surface area contributed by atoms with Gasteiger partial charge in [0, 0.05) is 18.5 Å². The van der Waals surface area contributed by atoms with Gasteiger partial charge in [0.05, 0.1) is 11.2 Å². The molecule has 3 fully saturated rings. The number of allylic oxidation sites excluding steroid dienone is 2. The number of para-hydroxylation sites is 1. The van der Waals surface area contributed by atoms with Crippen molar-refractivity contribution in [2.45, 2.75) is 45.1 Å². The van der Waals surface area contributed by atoms with Gasteiger partial charge < -0.3 is 10.2 Å². The van der Waals surface area contributed by atoms with Gasteiger partial charge in [0.2, 0.25) is 11.9 Å². The van der Waals surface area contributed by atoms with Crippen LogP contribution in [0.1, 0.15) is 37.8 Å². The fourth-order valence-electron chi connectivity index (χ4n) is 6.33. The van der Waals surface area contributed by atoms with E-state index in [0.29, 0.717) is 23.2 Å². The summed E-state index contributed by atoms with van der Waals surface area (Å²) in [7, 11) is 0. The number of amides is 1. The number of nitrogens with zero attached hydrogens (tertiary/aromatic N) is 3. The van der Waals surface area contributed by atoms with Crippen LogP contribution in [0.15, 0.2) is 36.4 Å². The zero-order valence-corrected chi connectivity index (χ0v) is 17.0. The molecule has 2 bridgehead atoms. The normalized spacial score (nSPS) is 31.1. The molecule has 4 aliphatic rings. The van der Waals surface area contributed by atoms with E-state index in [2.05, 4.69) is 28.4 Å². The maximum atomic E-state index is 13.1. The van der Waals surface area contributed by atoms with Crippen LogP contribution in [0.3, 0.4) is 0 Å². The molecular formula is C24H28N4O. The molecule has 4 unspecified atom stereocenters. The summed E-state index contributed by atoms with van der Waals surface area (Å²) < 4.78 is 0. The standard InChI is InChI=1S/C24H28N4O/c1-15-18-5-2-3-6-20(18)27-23(26-15)28-12-4-7-21(28)22(29)25-14-16-13-17-8-9-19(16)24(17)10-11-24/h2-3,5-6,8-9,16-17,19,21H,4,7,10-14H2,1H3,(H,25,29). The molecule has 1 aromatic carbocycles. The number of anilines is 1. The van der Waals surface area contributed by atoms with Gasteiger partial charge in [-0.3, -0.25) is 4.79 Å². The predicted octanol–water partition coefficient (Wildman–Crippen LogP) is 3.63. The van der Waals surface area contributed by atoms with Gasteiger partial charge in [-0.25, -0.2) is 9.97 Å². The van der Waals surface area contributed by atoms with Crippen molar-refractivity contribution in [3.8, 4) is 0 Å². The van der Waals surface area contributed by atoms with Crippen molar-refractivity contribution in [3.05, 3.63) is 42.1 Å². The maximum Gasteiger partial charge on any atom is 0.242 e. The number of carbonyl (C=O) groups is 1. The second-order valence-electron chi connectivity index (χ2n) is 9.47. The Bertz CT molecular complexity index is 1010. The number of rotatable bonds is 4. The van der Waals surface area contributed by atoms with Gasteiger partial charge in [-0.1, -0.05) is 30.4 Å². The number of carbonyl (C=O) groups excluding carboxylic acids is 1. The van der Waals surface area contributed by atoms with Crippen molar-refractivity contribution in [1.29, 1.82) is 0 Å². The van der Waals surface area contributed by atoms with Gasteiger partial charge >= 0.3 is 0 Å². The number of hydrogen-bond donors (Lipinski definition) is 1. The molecule has 5 heteroatoms. The molecule has 1 amide bonds. The SMILES string of the molecule is Cc1nc(N2CCCC2C(=O)NCC2CC3C=CC2C32CC2)nc2ccccc12. The van der Waals surface area contributed by atoms with Crippen molar-refractivity contribution in [3.63, 3.8) is 0 Å². The topological polar surface area (TPSA) is 58.1 Å². The van der Waals surface area contributed by atoms with Crippen molar-refractivity contribution in [2.75, 3.05) is 18.0 Å². The van der Waals surface area contributed by atoms with E-state index >= 15 is 0 Å². The smallest absolute Gasteiger partial charge is 0.242 e. The van der Waals surface area contributed by atoms with E-state index in [1.54, 1.807) is 0 Å². The van der Waals surface area contributed by atoms with Gasteiger partial charge in [-0.15, -0.1) is 0 Å². The first-order valence-corrected chi connectivity index (χ1v) is 11.1. The number of nitrogens with one attached hydrogen (secondary N) is 1. The van der Waals surface area contributed by atoms with Crippen LogP contribution in [0.2, 0.25) is 0 Å². The molecule has 2 saturated carbocycles. The van der Waals surface area contributed by atoms with Crippen LogP contribution in [0, 0.1) is 30.1 Å². The fraction of sp³-hybridized carbons (Fsp3) is 0.542. The van der Waals surface area contributed by atoms with E-state index in [1.807, 2.05) is 25.1 Å². The summed E-state index contributed by atoms with van der Waals surface area (Å²) in [6.07, 6.45) is 10.8. The van der Waals surface area contributed by atoms with Crippen LogP contribution < -0.4 is 10.2 Å². The quantitative estimate of drug-likeness (QED) is 0.813. The molecule has 1 aromatic heterocycles. The van der Waals surface area contributed by atoms with Crippen LogP contribution in [0.4, 0.5) is 5.95 Å². The highest BCUT2D eigenvalue weighted by molar-refractivity contribution is 5.86. The lowest BCUT2D eigenvalue weighted by atomic mass is 9.89. The van der Waals surface area contributed by atoms with Crippen molar-refractivity contribution in [2.24, 2.45) is 23.2 Å². The molecule has 29 heavy (non-hydrogen) atoms. The molecule has 0 radical (unpaired) electrons. The highest BCUT2D eigenvalue weighted by Gasteiger charge is 2.62. The maximum absolute atomic E-state index is 13.1. The molecule has 150 valence electrons. The van der Waals surface area contributed by atoms with Crippen molar-refractivity contribution in [1.82, 2.24) is 15.3 Å². The lowest BCUT2D eigenvalue weighted by Gasteiger charge is -2.26. The first-order chi connectivity index (χ1) is 14.2. The molecule has 4 atom stereocenters. The van der Waals surface area contributed by atoms with Gasteiger partial charge in [0.15, 0.2) is 0 Å². The largest absolute Gasteiger partial charge is 0.354 e. The van der Waals surface area contributed by atoms with Gasteiger partial charge in [0.1, 0.15) is 6.04 Å².